The van der Waals surface area contributed by atoms with E-state index in [9.17, 15) is 4.79 Å². The number of carbonyl (C=O) groups is 1. The van der Waals surface area contributed by atoms with Gasteiger partial charge < -0.3 is 10.1 Å². The van der Waals surface area contributed by atoms with Crippen LogP contribution in [0, 0.1) is 18.3 Å². The first kappa shape index (κ1) is 16.1. The molecule has 1 N–H and O–H groups in total. The van der Waals surface area contributed by atoms with Gasteiger partial charge in [-0.2, -0.15) is 0 Å². The summed E-state index contributed by atoms with van der Waals surface area (Å²) in [4.78, 5) is 21.2. The van der Waals surface area contributed by atoms with Crippen LogP contribution in [0.4, 0.5) is 0 Å². The van der Waals surface area contributed by atoms with Crippen molar-refractivity contribution >= 4 is 11.7 Å². The van der Waals surface area contributed by atoms with Crippen molar-refractivity contribution < 1.29 is 9.53 Å². The van der Waals surface area contributed by atoms with Crippen molar-refractivity contribution in [3.8, 4) is 0 Å². The molecule has 1 aromatic rings. The third-order valence-corrected chi connectivity index (χ3v) is 5.27. The molecule has 4 rings (SSSR count). The molecule has 1 unspecified atom stereocenters. The van der Waals surface area contributed by atoms with Gasteiger partial charge in [-0.1, -0.05) is 19.9 Å². The number of esters is 1. The monoisotopic (exact) mass is 337 g/mol. The molecule has 130 valence electrons. The maximum Gasteiger partial charge on any atom is 0.334 e. The number of allylic oxidation sites excluding steroid dienone is 3. The van der Waals surface area contributed by atoms with Crippen LogP contribution >= 0.6 is 0 Å². The van der Waals surface area contributed by atoms with E-state index in [4.69, 9.17) is 9.72 Å². The number of rotatable bonds is 2. The van der Waals surface area contributed by atoms with E-state index in [1.165, 1.54) is 11.1 Å². The standard InChI is InChI=1S/C20H23N3O2/c1-5-25-19(24)12-6-7-15-14(8-12)16-18(23-15)17-13(9-20(16,3)4)10-21-11(2)22-17/h6-7,10,14,23H,5,8-9H2,1-4H3. The molecule has 0 amide bonds. The molecule has 2 aliphatic carbocycles. The van der Waals surface area contributed by atoms with Gasteiger partial charge in [-0.05, 0) is 49.3 Å². The van der Waals surface area contributed by atoms with Crippen molar-refractivity contribution in [2.45, 2.75) is 40.5 Å². The van der Waals surface area contributed by atoms with Crippen molar-refractivity contribution in [3.05, 3.63) is 52.3 Å². The first-order chi connectivity index (χ1) is 11.9. The van der Waals surface area contributed by atoms with Crippen LogP contribution < -0.4 is 5.32 Å². The molecular weight excluding hydrogens is 314 g/mol. The number of hydrogen-bond donors (Lipinski definition) is 1. The van der Waals surface area contributed by atoms with E-state index in [0.29, 0.717) is 13.0 Å². The summed E-state index contributed by atoms with van der Waals surface area (Å²) < 4.78 is 5.20. The molecular formula is C20H23N3O2. The lowest BCUT2D eigenvalue weighted by Gasteiger charge is -2.35. The van der Waals surface area contributed by atoms with E-state index < -0.39 is 0 Å². The Morgan fingerprint density at radius 3 is 2.96 bits per heavy atom. The number of aryl methyl sites for hydroxylation is 1. The first-order valence-corrected chi connectivity index (χ1v) is 8.83. The van der Waals surface area contributed by atoms with Gasteiger partial charge in [0.05, 0.1) is 18.0 Å². The Labute approximate surface area is 147 Å². The summed E-state index contributed by atoms with van der Waals surface area (Å²) >= 11 is 0. The van der Waals surface area contributed by atoms with Crippen LogP contribution in [0.25, 0.3) is 5.70 Å². The smallest absolute Gasteiger partial charge is 0.334 e. The Morgan fingerprint density at radius 2 is 2.20 bits per heavy atom. The Balaban J connectivity index is 1.77. The number of carbonyl (C=O) groups excluding carboxylic acids is 1. The minimum atomic E-state index is -0.209. The Morgan fingerprint density at radius 1 is 1.40 bits per heavy atom. The molecule has 2 heterocycles. The quantitative estimate of drug-likeness (QED) is 0.840. The van der Waals surface area contributed by atoms with E-state index >= 15 is 0 Å². The molecule has 0 aromatic carbocycles. The maximum atomic E-state index is 12.2. The normalized spacial score (nSPS) is 23.0. The summed E-state index contributed by atoms with van der Waals surface area (Å²) in [5.74, 6) is 0.762. The molecule has 0 saturated heterocycles. The molecule has 0 radical (unpaired) electrons. The third-order valence-electron chi connectivity index (χ3n) is 5.27. The molecule has 5 heteroatoms. The highest BCUT2D eigenvalue weighted by Crippen LogP contribution is 2.52. The topological polar surface area (TPSA) is 64.1 Å². The molecule has 3 aliphatic rings. The fourth-order valence-corrected chi connectivity index (χ4v) is 4.26. The van der Waals surface area contributed by atoms with Gasteiger partial charge in [0.2, 0.25) is 0 Å². The largest absolute Gasteiger partial charge is 0.463 e. The molecule has 1 atom stereocenters. The van der Waals surface area contributed by atoms with E-state index in [-0.39, 0.29) is 17.3 Å². The van der Waals surface area contributed by atoms with Crippen LogP contribution in [0.2, 0.25) is 0 Å². The highest BCUT2D eigenvalue weighted by atomic mass is 16.5. The molecule has 0 bridgehead atoms. The van der Waals surface area contributed by atoms with Crippen LogP contribution in [-0.4, -0.2) is 22.5 Å². The highest BCUT2D eigenvalue weighted by Gasteiger charge is 2.45. The predicted octanol–water partition coefficient (Wildman–Crippen LogP) is 3.07. The SMILES string of the molecule is CCOC(=O)C1=CC=C2NC3=C(C2C1)C(C)(C)Cc1cnc(C)nc13. The van der Waals surface area contributed by atoms with Gasteiger partial charge in [-0.15, -0.1) is 0 Å². The Kier molecular flexibility index (Phi) is 3.56. The van der Waals surface area contributed by atoms with Gasteiger partial charge in [0.1, 0.15) is 5.82 Å². The maximum absolute atomic E-state index is 12.2. The minimum absolute atomic E-state index is 0.00861. The van der Waals surface area contributed by atoms with Crippen molar-refractivity contribution in [2.24, 2.45) is 11.3 Å². The second-order valence-corrected chi connectivity index (χ2v) is 7.56. The number of nitrogens with one attached hydrogen (secondary N) is 1. The zero-order chi connectivity index (χ0) is 17.8. The van der Waals surface area contributed by atoms with Crippen LogP contribution in [0.5, 0.6) is 0 Å². The van der Waals surface area contributed by atoms with Gasteiger partial charge in [0.25, 0.3) is 0 Å². The summed E-state index contributed by atoms with van der Waals surface area (Å²) in [7, 11) is 0. The van der Waals surface area contributed by atoms with E-state index in [2.05, 4.69) is 24.1 Å². The molecule has 25 heavy (non-hydrogen) atoms. The summed E-state index contributed by atoms with van der Waals surface area (Å²) in [5, 5.41) is 3.58. The Bertz CT molecular complexity index is 862. The van der Waals surface area contributed by atoms with Gasteiger partial charge >= 0.3 is 5.97 Å². The zero-order valence-corrected chi connectivity index (χ0v) is 15.1. The molecule has 0 saturated carbocycles. The van der Waals surface area contributed by atoms with Crippen molar-refractivity contribution in [3.63, 3.8) is 0 Å². The highest BCUT2D eigenvalue weighted by molar-refractivity contribution is 5.90. The number of aromatic nitrogens is 2. The van der Waals surface area contributed by atoms with Crippen LogP contribution in [0.1, 0.15) is 44.3 Å². The molecule has 1 aromatic heterocycles. The van der Waals surface area contributed by atoms with Crippen LogP contribution in [-0.2, 0) is 16.0 Å². The van der Waals surface area contributed by atoms with Gasteiger partial charge in [-0.25, -0.2) is 14.8 Å². The van der Waals surface area contributed by atoms with Crippen molar-refractivity contribution in [1.82, 2.24) is 15.3 Å². The summed E-state index contributed by atoms with van der Waals surface area (Å²) in [6.45, 7) is 8.68. The number of nitrogens with zero attached hydrogens (tertiary/aromatic N) is 2. The average Bonchev–Trinajstić information content (AvgIpc) is 2.95. The van der Waals surface area contributed by atoms with Gasteiger partial charge in [-0.3, -0.25) is 0 Å². The number of hydrogen-bond acceptors (Lipinski definition) is 5. The lowest BCUT2D eigenvalue weighted by Crippen LogP contribution is -2.28. The lowest BCUT2D eigenvalue weighted by atomic mass is 9.68. The van der Waals surface area contributed by atoms with Gasteiger partial charge in [0.15, 0.2) is 0 Å². The second-order valence-electron chi connectivity index (χ2n) is 7.56. The fourth-order valence-electron chi connectivity index (χ4n) is 4.26. The van der Waals surface area contributed by atoms with E-state index in [0.717, 1.165) is 34.9 Å². The number of ether oxygens (including phenoxy) is 1. The van der Waals surface area contributed by atoms with Crippen LogP contribution in [0.15, 0.2) is 35.2 Å². The van der Waals surface area contributed by atoms with E-state index in [1.54, 1.807) is 0 Å². The summed E-state index contributed by atoms with van der Waals surface area (Å²) in [6.07, 6.45) is 7.44. The van der Waals surface area contributed by atoms with Crippen LogP contribution in [0.3, 0.4) is 0 Å². The summed E-state index contributed by atoms with van der Waals surface area (Å²) in [5.41, 5.74) is 6.52. The fraction of sp³-hybridized carbons (Fsp3) is 0.450. The zero-order valence-electron chi connectivity index (χ0n) is 15.1. The number of fused-ring (bicyclic) bond motifs is 4. The van der Waals surface area contributed by atoms with Crippen molar-refractivity contribution in [1.29, 1.82) is 0 Å². The third kappa shape index (κ3) is 2.49. The molecule has 0 fully saturated rings. The van der Waals surface area contributed by atoms with E-state index in [1.807, 2.05) is 32.2 Å². The minimum Gasteiger partial charge on any atom is -0.463 e. The predicted molar refractivity (Wildman–Crippen MR) is 95.2 cm³/mol. The molecule has 1 aliphatic heterocycles. The summed E-state index contributed by atoms with van der Waals surface area (Å²) in [6, 6.07) is 0. The second kappa shape index (κ2) is 5.55. The lowest BCUT2D eigenvalue weighted by molar-refractivity contribution is -0.138. The Hall–Kier alpha value is -2.43. The van der Waals surface area contributed by atoms with Crippen molar-refractivity contribution in [2.75, 3.05) is 6.61 Å². The first-order valence-electron chi connectivity index (χ1n) is 8.83. The van der Waals surface area contributed by atoms with Gasteiger partial charge in [0, 0.05) is 23.4 Å². The molecule has 5 nitrogen and oxygen atoms in total. The average molecular weight is 337 g/mol. The molecule has 0 spiro atoms.